The van der Waals surface area contributed by atoms with Gasteiger partial charge in [-0.25, -0.2) is 18.1 Å². The minimum Gasteiger partial charge on any atom is -0.376 e. The number of aromatic nitrogens is 1. The standard InChI is InChI=1S/C11H17N3O4S/c1-12-11-3-2-10(7-13-11)19(15,16)14-6-9-8-17-4-5-18-9/h2-3,7,9,14H,4-6,8H2,1H3,(H,12,13). The van der Waals surface area contributed by atoms with Gasteiger partial charge in [-0.1, -0.05) is 0 Å². The van der Waals surface area contributed by atoms with E-state index in [0.717, 1.165) is 0 Å². The molecular weight excluding hydrogens is 270 g/mol. The zero-order valence-electron chi connectivity index (χ0n) is 10.6. The Kier molecular flexibility index (Phi) is 4.70. The Morgan fingerprint density at radius 2 is 2.26 bits per heavy atom. The van der Waals surface area contributed by atoms with Gasteiger partial charge in [0.2, 0.25) is 10.0 Å². The zero-order chi connectivity index (χ0) is 13.7. The van der Waals surface area contributed by atoms with Gasteiger partial charge in [0.15, 0.2) is 0 Å². The van der Waals surface area contributed by atoms with E-state index in [-0.39, 0.29) is 17.5 Å². The number of nitrogens with one attached hydrogen (secondary N) is 2. The van der Waals surface area contributed by atoms with E-state index < -0.39 is 10.0 Å². The second kappa shape index (κ2) is 6.29. The normalized spacial score (nSPS) is 20.2. The first-order chi connectivity index (χ1) is 9.12. The summed E-state index contributed by atoms with van der Waals surface area (Å²) in [7, 11) is -1.84. The molecule has 0 saturated carbocycles. The van der Waals surface area contributed by atoms with E-state index in [1.807, 2.05) is 0 Å². The van der Waals surface area contributed by atoms with E-state index in [4.69, 9.17) is 9.47 Å². The lowest BCUT2D eigenvalue weighted by Crippen LogP contribution is -2.39. The van der Waals surface area contributed by atoms with E-state index in [0.29, 0.717) is 25.6 Å². The van der Waals surface area contributed by atoms with Crippen LogP contribution in [0.1, 0.15) is 0 Å². The van der Waals surface area contributed by atoms with Crippen molar-refractivity contribution in [3.63, 3.8) is 0 Å². The quantitative estimate of drug-likeness (QED) is 0.780. The molecule has 106 valence electrons. The molecule has 1 aliphatic rings. The maximum absolute atomic E-state index is 12.0. The molecule has 2 rings (SSSR count). The number of anilines is 1. The molecule has 2 N–H and O–H groups in total. The molecule has 1 aliphatic heterocycles. The molecule has 19 heavy (non-hydrogen) atoms. The Morgan fingerprint density at radius 1 is 1.42 bits per heavy atom. The molecule has 7 nitrogen and oxygen atoms in total. The number of ether oxygens (including phenoxy) is 2. The second-order valence-corrected chi connectivity index (χ2v) is 5.82. The maximum Gasteiger partial charge on any atom is 0.242 e. The fraction of sp³-hybridized carbons (Fsp3) is 0.545. The van der Waals surface area contributed by atoms with Crippen LogP contribution in [-0.2, 0) is 19.5 Å². The van der Waals surface area contributed by atoms with E-state index in [2.05, 4.69) is 15.0 Å². The van der Waals surface area contributed by atoms with Gasteiger partial charge in [0, 0.05) is 19.8 Å². The first-order valence-corrected chi connectivity index (χ1v) is 7.43. The lowest BCUT2D eigenvalue weighted by molar-refractivity contribution is -0.0846. The summed E-state index contributed by atoms with van der Waals surface area (Å²) in [6.45, 7) is 1.64. The van der Waals surface area contributed by atoms with Crippen molar-refractivity contribution >= 4 is 15.8 Å². The van der Waals surface area contributed by atoms with Crippen molar-refractivity contribution in [2.45, 2.75) is 11.0 Å². The monoisotopic (exact) mass is 287 g/mol. The maximum atomic E-state index is 12.0. The molecule has 8 heteroatoms. The Bertz CT molecular complexity index is 497. The van der Waals surface area contributed by atoms with Crippen molar-refractivity contribution in [3.05, 3.63) is 18.3 Å². The lowest BCUT2D eigenvalue weighted by atomic mass is 10.3. The van der Waals surface area contributed by atoms with Crippen LogP contribution < -0.4 is 10.0 Å². The van der Waals surface area contributed by atoms with Crippen LogP contribution in [0.15, 0.2) is 23.2 Å². The van der Waals surface area contributed by atoms with Crippen LogP contribution in [0.5, 0.6) is 0 Å². The van der Waals surface area contributed by atoms with Crippen LogP contribution in [-0.4, -0.2) is 52.9 Å². The van der Waals surface area contributed by atoms with Gasteiger partial charge in [0.25, 0.3) is 0 Å². The molecule has 0 aliphatic carbocycles. The van der Waals surface area contributed by atoms with Crippen molar-refractivity contribution in [1.29, 1.82) is 0 Å². The summed E-state index contributed by atoms with van der Waals surface area (Å²) in [4.78, 5) is 4.10. The van der Waals surface area contributed by atoms with Crippen molar-refractivity contribution in [3.8, 4) is 0 Å². The Morgan fingerprint density at radius 3 is 2.84 bits per heavy atom. The van der Waals surface area contributed by atoms with Crippen molar-refractivity contribution < 1.29 is 17.9 Å². The van der Waals surface area contributed by atoms with Crippen molar-refractivity contribution in [2.24, 2.45) is 0 Å². The summed E-state index contributed by atoms with van der Waals surface area (Å²) in [6, 6.07) is 3.11. The zero-order valence-corrected chi connectivity index (χ0v) is 11.4. The first-order valence-electron chi connectivity index (χ1n) is 5.94. The van der Waals surface area contributed by atoms with Gasteiger partial charge in [-0.05, 0) is 12.1 Å². The predicted molar refractivity (Wildman–Crippen MR) is 69.5 cm³/mol. The van der Waals surface area contributed by atoms with Gasteiger partial charge in [0.1, 0.15) is 10.7 Å². The molecule has 0 amide bonds. The highest BCUT2D eigenvalue weighted by atomic mass is 32.2. The van der Waals surface area contributed by atoms with Crippen molar-refractivity contribution in [1.82, 2.24) is 9.71 Å². The molecule has 0 aromatic carbocycles. The molecule has 0 spiro atoms. The summed E-state index contributed by atoms with van der Waals surface area (Å²) < 4.78 is 37.1. The summed E-state index contributed by atoms with van der Waals surface area (Å²) in [6.07, 6.45) is 1.07. The van der Waals surface area contributed by atoms with Gasteiger partial charge in [-0.2, -0.15) is 0 Å². The van der Waals surface area contributed by atoms with E-state index >= 15 is 0 Å². The van der Waals surface area contributed by atoms with Gasteiger partial charge in [-0.15, -0.1) is 0 Å². The first kappa shape index (κ1) is 14.2. The molecule has 1 unspecified atom stereocenters. The Labute approximate surface area is 112 Å². The number of hydrogen-bond acceptors (Lipinski definition) is 6. The second-order valence-electron chi connectivity index (χ2n) is 4.05. The van der Waals surface area contributed by atoms with Crippen LogP contribution >= 0.6 is 0 Å². The summed E-state index contributed by atoms with van der Waals surface area (Å²) >= 11 is 0. The molecule has 2 heterocycles. The number of nitrogens with zero attached hydrogens (tertiary/aromatic N) is 1. The molecule has 1 saturated heterocycles. The average Bonchev–Trinajstić information content (AvgIpc) is 2.46. The van der Waals surface area contributed by atoms with Crippen LogP contribution in [0.2, 0.25) is 0 Å². The topological polar surface area (TPSA) is 89.6 Å². The number of hydrogen-bond donors (Lipinski definition) is 2. The SMILES string of the molecule is CNc1ccc(S(=O)(=O)NCC2COCCO2)cn1. The molecule has 0 radical (unpaired) electrons. The van der Waals surface area contributed by atoms with Crippen LogP contribution in [0, 0.1) is 0 Å². The summed E-state index contributed by atoms with van der Waals surface area (Å²) in [5, 5.41) is 2.83. The van der Waals surface area contributed by atoms with E-state index in [1.165, 1.54) is 12.3 Å². The minimum absolute atomic E-state index is 0.128. The Balaban J connectivity index is 1.96. The predicted octanol–water partition coefficient (Wildman–Crippen LogP) is -0.183. The Hall–Kier alpha value is -1.22. The van der Waals surface area contributed by atoms with Gasteiger partial charge < -0.3 is 14.8 Å². The number of rotatable bonds is 5. The molecule has 1 aromatic heterocycles. The highest BCUT2D eigenvalue weighted by Gasteiger charge is 2.19. The highest BCUT2D eigenvalue weighted by molar-refractivity contribution is 7.89. The third kappa shape index (κ3) is 3.87. The highest BCUT2D eigenvalue weighted by Crippen LogP contribution is 2.10. The van der Waals surface area contributed by atoms with Crippen molar-refractivity contribution in [2.75, 3.05) is 38.7 Å². The van der Waals surface area contributed by atoms with Gasteiger partial charge >= 0.3 is 0 Å². The smallest absolute Gasteiger partial charge is 0.242 e. The fourth-order valence-corrected chi connectivity index (χ4v) is 2.64. The average molecular weight is 287 g/mol. The van der Waals surface area contributed by atoms with E-state index in [1.54, 1.807) is 13.1 Å². The molecule has 1 atom stereocenters. The fourth-order valence-electron chi connectivity index (χ4n) is 1.63. The molecule has 1 aromatic rings. The number of sulfonamides is 1. The lowest BCUT2D eigenvalue weighted by Gasteiger charge is -2.23. The van der Waals surface area contributed by atoms with Gasteiger partial charge in [-0.3, -0.25) is 0 Å². The summed E-state index contributed by atoms with van der Waals surface area (Å²) in [5.74, 6) is 0.614. The van der Waals surface area contributed by atoms with Crippen LogP contribution in [0.4, 0.5) is 5.82 Å². The molecule has 1 fully saturated rings. The van der Waals surface area contributed by atoms with Crippen LogP contribution in [0.25, 0.3) is 0 Å². The molecule has 0 bridgehead atoms. The number of pyridine rings is 1. The molecular formula is C11H17N3O4S. The minimum atomic E-state index is -3.56. The van der Waals surface area contributed by atoms with E-state index in [9.17, 15) is 8.42 Å². The third-order valence-corrected chi connectivity index (χ3v) is 4.10. The largest absolute Gasteiger partial charge is 0.376 e. The van der Waals surface area contributed by atoms with Gasteiger partial charge in [0.05, 0.1) is 25.9 Å². The third-order valence-electron chi connectivity index (χ3n) is 2.69. The summed E-state index contributed by atoms with van der Waals surface area (Å²) in [5.41, 5.74) is 0. The van der Waals surface area contributed by atoms with Crippen LogP contribution in [0.3, 0.4) is 0 Å².